The van der Waals surface area contributed by atoms with E-state index in [2.05, 4.69) is 4.98 Å². The van der Waals surface area contributed by atoms with E-state index >= 15 is 0 Å². The van der Waals surface area contributed by atoms with Gasteiger partial charge in [-0.1, -0.05) is 0 Å². The first kappa shape index (κ1) is 11.8. The van der Waals surface area contributed by atoms with Crippen molar-refractivity contribution in [1.29, 1.82) is 0 Å². The second kappa shape index (κ2) is 4.29. The third kappa shape index (κ3) is 2.08. The monoisotopic (exact) mass is 257 g/mol. The summed E-state index contributed by atoms with van der Waals surface area (Å²) in [5.41, 5.74) is -0.151. The maximum Gasteiger partial charge on any atom is 0.195 e. The van der Waals surface area contributed by atoms with Gasteiger partial charge in [0.25, 0.3) is 0 Å². The second-order valence-corrected chi connectivity index (χ2v) is 4.34. The van der Waals surface area contributed by atoms with Crippen LogP contribution in [0.25, 0.3) is 10.6 Å². The molecular formula is C11H6F3NOS. The first-order valence-electron chi connectivity index (χ1n) is 4.61. The van der Waals surface area contributed by atoms with Gasteiger partial charge in [-0.05, 0) is 12.1 Å². The zero-order valence-corrected chi connectivity index (χ0v) is 9.45. The first-order valence-corrected chi connectivity index (χ1v) is 5.43. The van der Waals surface area contributed by atoms with Crippen molar-refractivity contribution in [3.63, 3.8) is 0 Å². The van der Waals surface area contributed by atoms with Gasteiger partial charge in [0.05, 0.1) is 4.88 Å². The molecule has 1 heterocycles. The number of Topliss-reactive ketones (excluding diaryl/α,β-unsaturated/α-hetero) is 1. The molecule has 0 aliphatic rings. The highest BCUT2D eigenvalue weighted by Gasteiger charge is 2.17. The quantitative estimate of drug-likeness (QED) is 0.609. The molecule has 2 nitrogen and oxygen atoms in total. The van der Waals surface area contributed by atoms with Gasteiger partial charge < -0.3 is 0 Å². The molecule has 0 saturated carbocycles. The summed E-state index contributed by atoms with van der Waals surface area (Å²) in [6, 6.07) is 1.92. The van der Waals surface area contributed by atoms with E-state index in [0.717, 1.165) is 23.5 Å². The van der Waals surface area contributed by atoms with Crippen molar-refractivity contribution in [3.05, 3.63) is 40.7 Å². The highest BCUT2D eigenvalue weighted by molar-refractivity contribution is 7.16. The van der Waals surface area contributed by atoms with Gasteiger partial charge >= 0.3 is 0 Å². The Labute approximate surface area is 98.7 Å². The van der Waals surface area contributed by atoms with Crippen LogP contribution in [0.2, 0.25) is 0 Å². The summed E-state index contributed by atoms with van der Waals surface area (Å²) >= 11 is 0.933. The number of carbonyl (C=O) groups excluding carboxylic acids is 1. The predicted octanol–water partition coefficient (Wildman–Crippen LogP) is 3.43. The Morgan fingerprint density at radius 1 is 1.24 bits per heavy atom. The molecule has 0 atom stereocenters. The molecule has 0 fully saturated rings. The minimum atomic E-state index is -1.54. The molecule has 0 bridgehead atoms. The molecule has 1 aromatic carbocycles. The van der Waals surface area contributed by atoms with E-state index in [4.69, 9.17) is 0 Å². The van der Waals surface area contributed by atoms with Gasteiger partial charge in [-0.3, -0.25) is 4.79 Å². The van der Waals surface area contributed by atoms with Gasteiger partial charge in [-0.15, -0.1) is 11.3 Å². The van der Waals surface area contributed by atoms with Crippen molar-refractivity contribution in [2.45, 2.75) is 6.92 Å². The van der Waals surface area contributed by atoms with Crippen LogP contribution in [-0.2, 0) is 0 Å². The highest BCUT2D eigenvalue weighted by atomic mass is 32.1. The van der Waals surface area contributed by atoms with Crippen molar-refractivity contribution in [2.24, 2.45) is 0 Å². The Morgan fingerprint density at radius 2 is 1.94 bits per heavy atom. The number of thiazole rings is 1. The van der Waals surface area contributed by atoms with E-state index in [1.807, 2.05) is 0 Å². The minimum absolute atomic E-state index is 0.145. The molecule has 0 aliphatic carbocycles. The lowest BCUT2D eigenvalue weighted by Gasteiger charge is -2.00. The Bertz CT molecular complexity index is 594. The third-order valence-electron chi connectivity index (χ3n) is 2.12. The summed E-state index contributed by atoms with van der Waals surface area (Å²) in [4.78, 5) is 15.2. The molecule has 0 radical (unpaired) electrons. The van der Waals surface area contributed by atoms with Crippen LogP contribution in [0.3, 0.4) is 0 Å². The lowest BCUT2D eigenvalue weighted by atomic mass is 10.2. The number of rotatable bonds is 2. The van der Waals surface area contributed by atoms with E-state index < -0.39 is 17.5 Å². The third-order valence-corrected chi connectivity index (χ3v) is 3.25. The maximum atomic E-state index is 13.4. The molecule has 2 rings (SSSR count). The summed E-state index contributed by atoms with van der Waals surface area (Å²) < 4.78 is 39.2. The van der Waals surface area contributed by atoms with E-state index in [0.29, 0.717) is 4.88 Å². The molecule has 2 aromatic rings. The molecule has 17 heavy (non-hydrogen) atoms. The summed E-state index contributed by atoms with van der Waals surface area (Å²) in [7, 11) is 0. The number of hydrogen-bond acceptors (Lipinski definition) is 3. The van der Waals surface area contributed by atoms with Crippen LogP contribution in [0, 0.1) is 17.5 Å². The number of ketones is 1. The van der Waals surface area contributed by atoms with Crippen molar-refractivity contribution in [3.8, 4) is 10.6 Å². The molecule has 88 valence electrons. The maximum absolute atomic E-state index is 13.4. The van der Waals surface area contributed by atoms with E-state index in [1.165, 1.54) is 13.1 Å². The van der Waals surface area contributed by atoms with E-state index in [9.17, 15) is 18.0 Å². The predicted molar refractivity (Wildman–Crippen MR) is 57.4 cm³/mol. The van der Waals surface area contributed by atoms with Crippen LogP contribution in [0.1, 0.15) is 16.6 Å². The lowest BCUT2D eigenvalue weighted by molar-refractivity contribution is 0.102. The summed E-state index contributed by atoms with van der Waals surface area (Å²) in [6.07, 6.45) is 1.28. The average Bonchev–Trinajstić information content (AvgIpc) is 2.75. The average molecular weight is 257 g/mol. The summed E-state index contributed by atoms with van der Waals surface area (Å²) in [5.74, 6) is -4.30. The van der Waals surface area contributed by atoms with Crippen molar-refractivity contribution < 1.29 is 18.0 Å². The largest absolute Gasteiger partial charge is 0.294 e. The molecule has 0 unspecified atom stereocenters. The number of nitrogens with zero attached hydrogens (tertiary/aromatic N) is 1. The minimum Gasteiger partial charge on any atom is -0.294 e. The fourth-order valence-electron chi connectivity index (χ4n) is 1.25. The van der Waals surface area contributed by atoms with Crippen LogP contribution in [0.4, 0.5) is 13.2 Å². The first-order chi connectivity index (χ1) is 8.00. The van der Waals surface area contributed by atoms with Gasteiger partial charge in [0.1, 0.15) is 5.01 Å². The molecule has 0 amide bonds. The van der Waals surface area contributed by atoms with Crippen LogP contribution >= 0.6 is 11.3 Å². The van der Waals surface area contributed by atoms with Crippen LogP contribution in [-0.4, -0.2) is 10.8 Å². The number of carbonyl (C=O) groups is 1. The van der Waals surface area contributed by atoms with Gasteiger partial charge in [0, 0.05) is 18.7 Å². The van der Waals surface area contributed by atoms with Crippen LogP contribution < -0.4 is 0 Å². The second-order valence-electron chi connectivity index (χ2n) is 3.31. The molecule has 0 spiro atoms. The molecule has 6 heteroatoms. The highest BCUT2D eigenvalue weighted by Crippen LogP contribution is 2.29. The fraction of sp³-hybridized carbons (Fsp3) is 0.0909. The number of halogens is 3. The normalized spacial score (nSPS) is 10.6. The molecular weight excluding hydrogens is 251 g/mol. The standard InChI is InChI=1S/C11H6F3NOS/c1-5(16)8-4-15-11(17-8)6-2-3-7(12)10(14)9(6)13/h2-4H,1H3. The van der Waals surface area contributed by atoms with Crippen molar-refractivity contribution >= 4 is 17.1 Å². The van der Waals surface area contributed by atoms with Crippen molar-refractivity contribution in [2.75, 3.05) is 0 Å². The van der Waals surface area contributed by atoms with Gasteiger partial charge in [0.15, 0.2) is 23.2 Å². The fourth-order valence-corrected chi connectivity index (χ4v) is 2.08. The van der Waals surface area contributed by atoms with Gasteiger partial charge in [-0.2, -0.15) is 0 Å². The molecule has 0 N–H and O–H groups in total. The number of aromatic nitrogens is 1. The smallest absolute Gasteiger partial charge is 0.195 e. The van der Waals surface area contributed by atoms with E-state index in [1.54, 1.807) is 0 Å². The Kier molecular flexibility index (Phi) is 2.97. The summed E-state index contributed by atoms with van der Waals surface area (Å²) in [6.45, 7) is 1.35. The summed E-state index contributed by atoms with van der Waals surface area (Å²) in [5, 5.41) is 0.145. The molecule has 1 aromatic heterocycles. The topological polar surface area (TPSA) is 30.0 Å². The number of benzene rings is 1. The van der Waals surface area contributed by atoms with Crippen LogP contribution in [0.15, 0.2) is 18.3 Å². The zero-order chi connectivity index (χ0) is 12.6. The lowest BCUT2D eigenvalue weighted by Crippen LogP contribution is -1.93. The SMILES string of the molecule is CC(=O)c1cnc(-c2ccc(F)c(F)c2F)s1. The zero-order valence-electron chi connectivity index (χ0n) is 8.63. The Hall–Kier alpha value is -1.69. The van der Waals surface area contributed by atoms with Gasteiger partial charge in [-0.25, -0.2) is 18.2 Å². The van der Waals surface area contributed by atoms with Gasteiger partial charge in [0.2, 0.25) is 0 Å². The molecule has 0 aliphatic heterocycles. The van der Waals surface area contributed by atoms with Crippen LogP contribution in [0.5, 0.6) is 0 Å². The van der Waals surface area contributed by atoms with E-state index in [-0.39, 0.29) is 16.4 Å². The molecule has 0 saturated heterocycles. The Morgan fingerprint density at radius 3 is 2.53 bits per heavy atom. The number of hydrogen-bond donors (Lipinski definition) is 0. The Balaban J connectivity index is 2.53. The van der Waals surface area contributed by atoms with Crippen molar-refractivity contribution in [1.82, 2.24) is 4.98 Å².